The highest BCUT2D eigenvalue weighted by Gasteiger charge is 2.25. The molecule has 1 fully saturated rings. The maximum Gasteiger partial charge on any atom is 0.331 e. The predicted molar refractivity (Wildman–Crippen MR) is 57.1 cm³/mol. The van der Waals surface area contributed by atoms with Crippen LogP contribution in [0.2, 0.25) is 0 Å². The number of aliphatic carboxylic acids is 1. The summed E-state index contributed by atoms with van der Waals surface area (Å²) >= 11 is 0. The van der Waals surface area contributed by atoms with Gasteiger partial charge in [0.15, 0.2) is 0 Å². The molecule has 1 N–H and O–H groups in total. The smallest absolute Gasteiger partial charge is 0.331 e. The molecular formula is C12H20O2. The van der Waals surface area contributed by atoms with E-state index in [9.17, 15) is 4.79 Å². The second kappa shape index (κ2) is 4.63. The quantitative estimate of drug-likeness (QED) is 0.688. The summed E-state index contributed by atoms with van der Waals surface area (Å²) < 4.78 is 0. The molecule has 2 atom stereocenters. The van der Waals surface area contributed by atoms with Gasteiger partial charge in [0.25, 0.3) is 0 Å². The van der Waals surface area contributed by atoms with Crippen molar-refractivity contribution in [3.63, 3.8) is 0 Å². The highest BCUT2D eigenvalue weighted by Crippen LogP contribution is 2.36. The van der Waals surface area contributed by atoms with Crippen LogP contribution < -0.4 is 0 Å². The van der Waals surface area contributed by atoms with E-state index in [2.05, 4.69) is 13.8 Å². The fourth-order valence-electron chi connectivity index (χ4n) is 2.38. The number of carboxylic acid groups (broad SMARTS) is 1. The molecule has 80 valence electrons. The van der Waals surface area contributed by atoms with Crippen LogP contribution in [0.5, 0.6) is 0 Å². The van der Waals surface area contributed by atoms with Gasteiger partial charge in [-0.25, -0.2) is 4.79 Å². The summed E-state index contributed by atoms with van der Waals surface area (Å²) in [6.07, 6.45) is 4.03. The molecule has 1 rings (SSSR count). The van der Waals surface area contributed by atoms with Gasteiger partial charge in [-0.2, -0.15) is 0 Å². The molecule has 0 radical (unpaired) electrons. The highest BCUT2D eigenvalue weighted by atomic mass is 16.4. The molecule has 0 amide bonds. The molecule has 0 aromatic carbocycles. The van der Waals surface area contributed by atoms with Gasteiger partial charge in [0.05, 0.1) is 0 Å². The van der Waals surface area contributed by atoms with Crippen LogP contribution in [-0.2, 0) is 4.79 Å². The molecule has 14 heavy (non-hydrogen) atoms. The molecule has 2 unspecified atom stereocenters. The topological polar surface area (TPSA) is 37.3 Å². The average Bonchev–Trinajstić information content (AvgIpc) is 2.13. The lowest BCUT2D eigenvalue weighted by molar-refractivity contribution is -0.132. The van der Waals surface area contributed by atoms with Gasteiger partial charge in [-0.1, -0.05) is 26.3 Å². The maximum absolute atomic E-state index is 11.0. The Labute approximate surface area is 86.0 Å². The average molecular weight is 196 g/mol. The van der Waals surface area contributed by atoms with E-state index in [-0.39, 0.29) is 0 Å². The molecule has 1 aliphatic carbocycles. The molecule has 0 bridgehead atoms. The van der Waals surface area contributed by atoms with Crippen LogP contribution in [-0.4, -0.2) is 11.1 Å². The molecule has 0 aliphatic heterocycles. The van der Waals surface area contributed by atoms with Crippen molar-refractivity contribution in [3.8, 4) is 0 Å². The van der Waals surface area contributed by atoms with E-state index in [0.29, 0.717) is 23.8 Å². The third-order valence-corrected chi connectivity index (χ3v) is 3.51. The molecule has 0 heterocycles. The van der Waals surface area contributed by atoms with E-state index in [4.69, 9.17) is 5.11 Å². The number of carbonyl (C=O) groups is 1. The Morgan fingerprint density at radius 1 is 1.50 bits per heavy atom. The lowest BCUT2D eigenvalue weighted by Gasteiger charge is -2.30. The van der Waals surface area contributed by atoms with Crippen LogP contribution >= 0.6 is 0 Å². The predicted octanol–water partition coefficient (Wildman–Crippen LogP) is 3.23. The summed E-state index contributed by atoms with van der Waals surface area (Å²) in [5, 5.41) is 9.07. The van der Waals surface area contributed by atoms with Gasteiger partial charge in [-0.15, -0.1) is 0 Å². The second-order valence-corrected chi connectivity index (χ2v) is 4.32. The Morgan fingerprint density at radius 3 is 2.64 bits per heavy atom. The molecule has 0 saturated heterocycles. The first kappa shape index (κ1) is 11.3. The Kier molecular flexibility index (Phi) is 3.73. The minimum absolute atomic E-state index is 0.454. The monoisotopic (exact) mass is 196 g/mol. The van der Waals surface area contributed by atoms with Gasteiger partial charge >= 0.3 is 5.97 Å². The number of carboxylic acids is 1. The van der Waals surface area contributed by atoms with E-state index >= 15 is 0 Å². The lowest BCUT2D eigenvalue weighted by Crippen LogP contribution is -2.20. The minimum atomic E-state index is -0.719. The van der Waals surface area contributed by atoms with Crippen molar-refractivity contribution in [2.45, 2.75) is 46.5 Å². The Hall–Kier alpha value is -0.790. The van der Waals surface area contributed by atoms with Crippen molar-refractivity contribution in [2.75, 3.05) is 0 Å². The van der Waals surface area contributed by atoms with E-state index in [1.165, 1.54) is 12.0 Å². The molecule has 1 saturated carbocycles. The second-order valence-electron chi connectivity index (χ2n) is 4.32. The molecular weight excluding hydrogens is 176 g/mol. The Morgan fingerprint density at radius 2 is 2.14 bits per heavy atom. The first-order valence-corrected chi connectivity index (χ1v) is 5.53. The summed E-state index contributed by atoms with van der Waals surface area (Å²) in [5.74, 6) is 0.373. The normalized spacial score (nSPS) is 31.4. The number of allylic oxidation sites excluding steroid dienone is 1. The van der Waals surface area contributed by atoms with Gasteiger partial charge in [0.1, 0.15) is 0 Å². The van der Waals surface area contributed by atoms with Crippen LogP contribution in [0.1, 0.15) is 46.5 Å². The maximum atomic E-state index is 11.0. The number of hydrogen-bond acceptors (Lipinski definition) is 1. The first-order chi connectivity index (χ1) is 6.57. The number of rotatable bonds is 2. The van der Waals surface area contributed by atoms with Crippen molar-refractivity contribution in [1.82, 2.24) is 0 Å². The molecule has 0 spiro atoms. The third kappa shape index (κ3) is 2.17. The lowest BCUT2D eigenvalue weighted by atomic mass is 9.75. The summed E-state index contributed by atoms with van der Waals surface area (Å²) in [6, 6.07) is 0. The summed E-state index contributed by atoms with van der Waals surface area (Å²) in [4.78, 5) is 11.0. The van der Waals surface area contributed by atoms with Crippen LogP contribution in [0.25, 0.3) is 0 Å². The summed E-state index contributed by atoms with van der Waals surface area (Å²) in [7, 11) is 0. The standard InChI is InChI=1S/C12H20O2/c1-4-10(12(13)14)11-7-5-6-8(2)9(11)3/h8-9H,4-7H2,1-3H3,(H,13,14)/b11-10-. The zero-order valence-electron chi connectivity index (χ0n) is 9.34. The Balaban J connectivity index is 2.97. The van der Waals surface area contributed by atoms with Gasteiger partial charge < -0.3 is 5.11 Å². The molecule has 0 aromatic heterocycles. The van der Waals surface area contributed by atoms with Gasteiger partial charge in [-0.05, 0) is 37.5 Å². The Bertz CT molecular complexity index is 253. The van der Waals surface area contributed by atoms with Crippen molar-refractivity contribution in [3.05, 3.63) is 11.1 Å². The van der Waals surface area contributed by atoms with Crippen molar-refractivity contribution < 1.29 is 9.90 Å². The molecule has 2 nitrogen and oxygen atoms in total. The number of hydrogen-bond donors (Lipinski definition) is 1. The highest BCUT2D eigenvalue weighted by molar-refractivity contribution is 5.87. The van der Waals surface area contributed by atoms with Gasteiger partial charge in [-0.3, -0.25) is 0 Å². The fraction of sp³-hybridized carbons (Fsp3) is 0.750. The molecule has 2 heteroatoms. The van der Waals surface area contributed by atoms with Crippen LogP contribution in [0.3, 0.4) is 0 Å². The van der Waals surface area contributed by atoms with Crippen molar-refractivity contribution in [2.24, 2.45) is 11.8 Å². The van der Waals surface area contributed by atoms with E-state index in [0.717, 1.165) is 12.8 Å². The van der Waals surface area contributed by atoms with Gasteiger partial charge in [0.2, 0.25) is 0 Å². The van der Waals surface area contributed by atoms with E-state index in [1.807, 2.05) is 6.92 Å². The minimum Gasteiger partial charge on any atom is -0.478 e. The van der Waals surface area contributed by atoms with Crippen LogP contribution in [0.4, 0.5) is 0 Å². The zero-order valence-corrected chi connectivity index (χ0v) is 9.34. The summed E-state index contributed by atoms with van der Waals surface area (Å²) in [6.45, 7) is 6.32. The fourth-order valence-corrected chi connectivity index (χ4v) is 2.38. The van der Waals surface area contributed by atoms with Crippen molar-refractivity contribution >= 4 is 5.97 Å². The third-order valence-electron chi connectivity index (χ3n) is 3.51. The zero-order chi connectivity index (χ0) is 10.7. The summed E-state index contributed by atoms with van der Waals surface area (Å²) in [5.41, 5.74) is 1.85. The van der Waals surface area contributed by atoms with Gasteiger partial charge in [0, 0.05) is 5.57 Å². The van der Waals surface area contributed by atoms with E-state index < -0.39 is 5.97 Å². The molecule has 1 aliphatic rings. The van der Waals surface area contributed by atoms with Crippen LogP contribution in [0.15, 0.2) is 11.1 Å². The first-order valence-electron chi connectivity index (χ1n) is 5.53. The largest absolute Gasteiger partial charge is 0.478 e. The van der Waals surface area contributed by atoms with E-state index in [1.54, 1.807) is 0 Å². The van der Waals surface area contributed by atoms with Crippen molar-refractivity contribution in [1.29, 1.82) is 0 Å². The van der Waals surface area contributed by atoms with Crippen LogP contribution in [0, 0.1) is 11.8 Å². The SMILES string of the molecule is CC/C(C(=O)O)=C1\CCCC(C)C1C. The molecule has 0 aromatic rings.